The minimum absolute atomic E-state index is 0.0865. The monoisotopic (exact) mass is 702 g/mol. The van der Waals surface area contributed by atoms with Crippen LogP contribution < -0.4 is 0 Å². The van der Waals surface area contributed by atoms with E-state index in [1.54, 1.807) is 11.1 Å². The van der Waals surface area contributed by atoms with Gasteiger partial charge in [0.1, 0.15) is 0 Å². The fraction of sp³-hybridized carbons (Fsp3) is 0.633. The molecule has 1 N–H and O–H groups in total. The van der Waals surface area contributed by atoms with Crippen molar-refractivity contribution in [1.29, 1.82) is 0 Å². The fourth-order valence-electron chi connectivity index (χ4n) is 4.63. The van der Waals surface area contributed by atoms with Gasteiger partial charge < -0.3 is 19.3 Å². The Labute approximate surface area is 249 Å². The summed E-state index contributed by atoms with van der Waals surface area (Å²) in [6.07, 6.45) is 26.9. The molecular weight excluding hydrogens is 664 g/mol. The molecule has 1 unspecified atom stereocenters. The largest absolute Gasteiger partial charge is 0.390 e. The molecule has 0 aromatic rings. The lowest BCUT2D eigenvalue weighted by Crippen LogP contribution is -2.44. The van der Waals surface area contributed by atoms with E-state index in [0.717, 1.165) is 51.4 Å². The number of alkyl halides is 2. The molecule has 0 spiro atoms. The summed E-state index contributed by atoms with van der Waals surface area (Å²) in [5.41, 5.74) is 3.05. The van der Waals surface area contributed by atoms with Gasteiger partial charge in [-0.05, 0) is 57.1 Å². The van der Waals surface area contributed by atoms with Crippen LogP contribution in [0.15, 0.2) is 53.2 Å². The first-order valence-electron chi connectivity index (χ1n) is 13.3. The zero-order chi connectivity index (χ0) is 27.0. The highest BCUT2D eigenvalue weighted by Gasteiger charge is 2.39. The molecule has 206 valence electrons. The summed E-state index contributed by atoms with van der Waals surface area (Å²) in [5, 5.41) is 9.96. The second kappa shape index (κ2) is 18.8. The van der Waals surface area contributed by atoms with Gasteiger partial charge in [-0.15, -0.1) is 12.2 Å². The summed E-state index contributed by atoms with van der Waals surface area (Å²) < 4.78 is 18.2. The topological polar surface area (TPSA) is 47.9 Å². The molecule has 2 saturated heterocycles. The first-order chi connectivity index (χ1) is 17.9. The first kappa shape index (κ1) is 32.8. The zero-order valence-electron chi connectivity index (χ0n) is 21.9. The van der Waals surface area contributed by atoms with Crippen LogP contribution in [0, 0.1) is 12.3 Å². The number of hydrogen-bond donors (Lipinski definition) is 1. The number of aliphatic hydroxyl groups excluding tert-OH is 1. The predicted molar refractivity (Wildman–Crippen MR) is 164 cm³/mol. The van der Waals surface area contributed by atoms with Crippen molar-refractivity contribution >= 4 is 47.8 Å². The Bertz CT molecular complexity index is 842. The molecule has 3 aliphatic rings. The van der Waals surface area contributed by atoms with Crippen LogP contribution in [0.4, 0.5) is 0 Å². The van der Waals surface area contributed by atoms with E-state index in [9.17, 15) is 5.11 Å². The van der Waals surface area contributed by atoms with Gasteiger partial charge >= 0.3 is 0 Å². The van der Waals surface area contributed by atoms with E-state index >= 15 is 0 Å². The predicted octanol–water partition coefficient (Wildman–Crippen LogP) is 7.69. The molecular formula is C30H41Br3O4. The lowest BCUT2D eigenvalue weighted by molar-refractivity contribution is -0.111. The van der Waals surface area contributed by atoms with E-state index in [-0.39, 0.29) is 47.6 Å². The van der Waals surface area contributed by atoms with E-state index in [2.05, 4.69) is 91.5 Å². The van der Waals surface area contributed by atoms with Gasteiger partial charge in [0, 0.05) is 21.1 Å². The Hall–Kier alpha value is -0.420. The van der Waals surface area contributed by atoms with Gasteiger partial charge in [0.05, 0.1) is 42.7 Å². The minimum atomic E-state index is -0.386. The Morgan fingerprint density at radius 2 is 1.84 bits per heavy atom. The quantitative estimate of drug-likeness (QED) is 0.122. The fourth-order valence-corrected chi connectivity index (χ4v) is 6.00. The summed E-state index contributed by atoms with van der Waals surface area (Å²) in [5.74, 6) is 2.45. The maximum absolute atomic E-state index is 9.96. The molecule has 0 radical (unpaired) electrons. The molecule has 3 heterocycles. The number of rotatable bonds is 8. The van der Waals surface area contributed by atoms with E-state index in [1.165, 1.54) is 0 Å². The van der Waals surface area contributed by atoms with Crippen LogP contribution in [0.2, 0.25) is 0 Å². The molecule has 2 fully saturated rings. The molecule has 4 nitrogen and oxygen atoms in total. The molecule has 0 aliphatic carbocycles. The first-order valence-corrected chi connectivity index (χ1v) is 16.0. The lowest BCUT2D eigenvalue weighted by Gasteiger charge is -2.36. The van der Waals surface area contributed by atoms with Crippen molar-refractivity contribution in [2.45, 2.75) is 118 Å². The van der Waals surface area contributed by atoms with Crippen molar-refractivity contribution in [2.24, 2.45) is 0 Å². The van der Waals surface area contributed by atoms with E-state index in [0.29, 0.717) is 4.83 Å². The van der Waals surface area contributed by atoms with Crippen LogP contribution in [0.3, 0.4) is 0 Å². The third kappa shape index (κ3) is 11.7. The Morgan fingerprint density at radius 1 is 1.05 bits per heavy atom. The van der Waals surface area contributed by atoms with Gasteiger partial charge in [0.25, 0.3) is 0 Å². The summed E-state index contributed by atoms with van der Waals surface area (Å²) in [7, 11) is 0. The van der Waals surface area contributed by atoms with Gasteiger partial charge in [0.15, 0.2) is 0 Å². The van der Waals surface area contributed by atoms with E-state index < -0.39 is 0 Å². The Morgan fingerprint density at radius 3 is 2.54 bits per heavy atom. The molecule has 0 aromatic carbocycles. The SMILES string of the molecule is C#C/C=C\C/C=C/C[C@H]1O[C@@H](CC)[C@H](Br)C[C@H]1O.CCC(Br)[C@H]1C[C@H]2O[C@@H](C=C=CBr)C/C=C\C[C@H]2O1. The Kier molecular flexibility index (Phi) is 16.7. The maximum atomic E-state index is 9.96. The van der Waals surface area contributed by atoms with Crippen LogP contribution in [-0.4, -0.2) is 57.5 Å². The van der Waals surface area contributed by atoms with Crippen molar-refractivity contribution in [3.63, 3.8) is 0 Å². The summed E-state index contributed by atoms with van der Waals surface area (Å²) >= 11 is 10.5. The maximum Gasteiger partial charge on any atom is 0.0876 e. The highest BCUT2D eigenvalue weighted by atomic mass is 79.9. The van der Waals surface area contributed by atoms with Crippen molar-refractivity contribution in [1.82, 2.24) is 0 Å². The van der Waals surface area contributed by atoms with Crippen molar-refractivity contribution in [2.75, 3.05) is 0 Å². The smallest absolute Gasteiger partial charge is 0.0876 e. The summed E-state index contributed by atoms with van der Waals surface area (Å²) in [6, 6.07) is 0. The number of hydrogen-bond acceptors (Lipinski definition) is 4. The molecule has 0 bridgehead atoms. The molecule has 0 aromatic heterocycles. The molecule has 3 rings (SSSR count). The molecule has 0 amide bonds. The molecule has 37 heavy (non-hydrogen) atoms. The third-order valence-electron chi connectivity index (χ3n) is 6.69. The normalized spacial score (nSPS) is 35.3. The second-order valence-corrected chi connectivity index (χ2v) is 12.2. The average Bonchev–Trinajstić information content (AvgIpc) is 3.27. The van der Waals surface area contributed by atoms with Crippen molar-refractivity contribution in [3.8, 4) is 12.3 Å². The van der Waals surface area contributed by atoms with Crippen LogP contribution in [0.25, 0.3) is 0 Å². The van der Waals surface area contributed by atoms with Gasteiger partial charge in [-0.2, -0.15) is 0 Å². The van der Waals surface area contributed by atoms with Crippen LogP contribution in [0.1, 0.15) is 65.2 Å². The number of allylic oxidation sites excluding steroid dienone is 3. The van der Waals surface area contributed by atoms with Gasteiger partial charge in [-0.1, -0.05) is 97.9 Å². The molecule has 0 saturated carbocycles. The number of terminal acetylenes is 1. The number of fused-ring (bicyclic) bond motifs is 1. The third-order valence-corrected chi connectivity index (χ3v) is 9.16. The highest BCUT2D eigenvalue weighted by Crippen LogP contribution is 2.33. The van der Waals surface area contributed by atoms with Crippen molar-refractivity contribution in [3.05, 3.63) is 53.2 Å². The molecule has 9 atom stereocenters. The van der Waals surface area contributed by atoms with E-state index in [1.807, 2.05) is 18.2 Å². The number of ether oxygens (including phenoxy) is 3. The van der Waals surface area contributed by atoms with E-state index in [4.69, 9.17) is 20.6 Å². The van der Waals surface area contributed by atoms with Gasteiger partial charge in [0.2, 0.25) is 0 Å². The van der Waals surface area contributed by atoms with Crippen LogP contribution >= 0.6 is 47.8 Å². The highest BCUT2D eigenvalue weighted by molar-refractivity contribution is 9.11. The van der Waals surface area contributed by atoms with Crippen molar-refractivity contribution < 1.29 is 19.3 Å². The zero-order valence-corrected chi connectivity index (χ0v) is 26.6. The number of halogens is 3. The number of aliphatic hydroxyl groups is 1. The minimum Gasteiger partial charge on any atom is -0.390 e. The van der Waals surface area contributed by atoms with Crippen LogP contribution in [0.5, 0.6) is 0 Å². The Balaban J connectivity index is 0.000000261. The molecule has 7 heteroatoms. The molecule has 3 aliphatic heterocycles. The lowest BCUT2D eigenvalue weighted by atomic mass is 9.97. The standard InChI is InChI=1S/C15H20Br2O2.C15H21BrO2/c1-2-12(17)14-10-15-13(19-14)8-4-3-6-11(18-15)7-5-9-16;1-3-5-6-7-8-9-10-15-13(17)11-12(16)14(4-2)18-15/h3-4,7,9,11-15H,2,6,8,10H2,1H3;1,5-6,8-9,12-15,17H,4,7,10-11H2,2H3/b4-3-;6-5-,9-8+/t5?,11-,12?,13-,14-,15-;12-,13-,14+,15-/m11/s1. The van der Waals surface area contributed by atoms with Crippen LogP contribution in [-0.2, 0) is 14.2 Å². The van der Waals surface area contributed by atoms with Gasteiger partial charge in [-0.25, -0.2) is 0 Å². The second-order valence-electron chi connectivity index (χ2n) is 9.42. The summed E-state index contributed by atoms with van der Waals surface area (Å²) in [6.45, 7) is 4.28. The average molecular weight is 705 g/mol. The van der Waals surface area contributed by atoms with Gasteiger partial charge in [-0.3, -0.25) is 0 Å². The summed E-state index contributed by atoms with van der Waals surface area (Å²) in [4.78, 5) is 2.41.